The van der Waals surface area contributed by atoms with Crippen molar-refractivity contribution in [2.75, 3.05) is 26.2 Å². The van der Waals surface area contributed by atoms with Gasteiger partial charge in [-0.2, -0.15) is 5.10 Å². The second-order valence-corrected chi connectivity index (χ2v) is 9.14. The summed E-state index contributed by atoms with van der Waals surface area (Å²) in [5, 5.41) is 4.40. The van der Waals surface area contributed by atoms with Gasteiger partial charge >= 0.3 is 0 Å². The first kappa shape index (κ1) is 18.7. The van der Waals surface area contributed by atoms with E-state index >= 15 is 0 Å². The van der Waals surface area contributed by atoms with Crippen LogP contribution in [0.4, 0.5) is 0 Å². The van der Waals surface area contributed by atoms with Crippen molar-refractivity contribution in [2.24, 2.45) is 5.92 Å². The third kappa shape index (κ3) is 3.26. The molecule has 3 aliphatic rings. The molecule has 1 amide bonds. The van der Waals surface area contributed by atoms with Gasteiger partial charge in [-0.05, 0) is 50.4 Å². The van der Waals surface area contributed by atoms with Crippen LogP contribution in [-0.2, 0) is 13.1 Å². The van der Waals surface area contributed by atoms with Gasteiger partial charge in [0.25, 0.3) is 11.5 Å². The minimum atomic E-state index is -0.0540. The number of likely N-dealkylation sites (tertiary alicyclic amines) is 2. The van der Waals surface area contributed by atoms with E-state index in [4.69, 9.17) is 0 Å². The second-order valence-electron chi connectivity index (χ2n) is 9.14. The molecule has 2 fully saturated rings. The number of hydrogen-bond donors (Lipinski definition) is 0. The molecule has 0 N–H and O–H groups in total. The van der Waals surface area contributed by atoms with Crippen molar-refractivity contribution in [3.8, 4) is 0 Å². The normalized spacial score (nSPS) is 23.3. The van der Waals surface area contributed by atoms with Crippen molar-refractivity contribution in [1.82, 2.24) is 29.0 Å². The number of amides is 1. The smallest absolute Gasteiger partial charge is 0.274 e. The van der Waals surface area contributed by atoms with Gasteiger partial charge in [0, 0.05) is 61.8 Å². The fourth-order valence-electron chi connectivity index (χ4n) is 5.56. The number of hydrogen-bond acceptors (Lipinski definition) is 5. The molecule has 2 atom stereocenters. The lowest BCUT2D eigenvalue weighted by atomic mass is 9.83. The van der Waals surface area contributed by atoms with Gasteiger partial charge in [-0.25, -0.2) is 9.50 Å². The van der Waals surface area contributed by atoms with Gasteiger partial charge in [-0.15, -0.1) is 0 Å². The molecule has 3 aliphatic heterocycles. The van der Waals surface area contributed by atoms with E-state index in [9.17, 15) is 9.59 Å². The van der Waals surface area contributed by atoms with Gasteiger partial charge in [0.2, 0.25) is 0 Å². The lowest BCUT2D eigenvalue weighted by Gasteiger charge is -2.42. The molecule has 3 aromatic rings. The van der Waals surface area contributed by atoms with E-state index in [2.05, 4.69) is 21.0 Å². The average molecular weight is 419 g/mol. The topological polar surface area (TPSA) is 75.7 Å². The maximum atomic E-state index is 13.2. The molecule has 2 bridgehead atoms. The Hall–Kier alpha value is -3.00. The van der Waals surface area contributed by atoms with E-state index < -0.39 is 0 Å². The molecule has 2 saturated heterocycles. The Balaban J connectivity index is 1.25. The fraction of sp³-hybridized carbons (Fsp3) is 0.478. The third-order valence-corrected chi connectivity index (χ3v) is 7.02. The molecule has 6 heterocycles. The zero-order valence-corrected chi connectivity index (χ0v) is 17.5. The highest BCUT2D eigenvalue weighted by molar-refractivity contribution is 5.93. The van der Waals surface area contributed by atoms with Gasteiger partial charge < -0.3 is 9.47 Å². The molecule has 160 valence electrons. The molecule has 3 aromatic heterocycles. The molecule has 0 spiro atoms. The number of rotatable bonds is 3. The maximum Gasteiger partial charge on any atom is 0.274 e. The van der Waals surface area contributed by atoms with Gasteiger partial charge in [-0.1, -0.05) is 6.07 Å². The summed E-state index contributed by atoms with van der Waals surface area (Å²) in [5.74, 6) is 0.437. The Morgan fingerprint density at radius 2 is 2.00 bits per heavy atom. The summed E-state index contributed by atoms with van der Waals surface area (Å²) in [6.07, 6.45) is 6.97. The number of piperidine rings is 1. The standard InChI is InChI=1S/C23H26N6O2/c30-22-17(14-26-7-1-2-8-26)4-5-20-18-10-16(13-28(20)22)12-27(15-18)23(31)19-11-21-24-6-3-9-29(21)25-19/h3-6,9,11,16,18H,1-2,7-8,10,12-15H2/t16-,18+/m0/s1. The summed E-state index contributed by atoms with van der Waals surface area (Å²) in [7, 11) is 0. The lowest BCUT2D eigenvalue weighted by Crippen LogP contribution is -2.49. The van der Waals surface area contributed by atoms with Crippen molar-refractivity contribution < 1.29 is 4.79 Å². The maximum absolute atomic E-state index is 13.2. The molecule has 31 heavy (non-hydrogen) atoms. The van der Waals surface area contributed by atoms with Gasteiger partial charge in [0.05, 0.1) is 0 Å². The monoisotopic (exact) mass is 418 g/mol. The Labute approximate surface area is 180 Å². The van der Waals surface area contributed by atoms with E-state index in [0.717, 1.165) is 37.3 Å². The van der Waals surface area contributed by atoms with Crippen LogP contribution in [0.2, 0.25) is 0 Å². The second kappa shape index (κ2) is 7.30. The van der Waals surface area contributed by atoms with Crippen molar-refractivity contribution >= 4 is 11.6 Å². The number of carbonyl (C=O) groups excluding carboxylic acids is 1. The van der Waals surface area contributed by atoms with Crippen LogP contribution in [0.15, 0.2) is 41.5 Å². The summed E-state index contributed by atoms with van der Waals surface area (Å²) < 4.78 is 3.62. The summed E-state index contributed by atoms with van der Waals surface area (Å²) in [6.45, 7) is 4.90. The Kier molecular flexibility index (Phi) is 4.41. The van der Waals surface area contributed by atoms with Crippen molar-refractivity contribution in [3.63, 3.8) is 0 Å². The van der Waals surface area contributed by atoms with Crippen LogP contribution in [-0.4, -0.2) is 61.1 Å². The molecular formula is C23H26N6O2. The van der Waals surface area contributed by atoms with Crippen LogP contribution in [0.5, 0.6) is 0 Å². The van der Waals surface area contributed by atoms with E-state index in [1.165, 1.54) is 12.8 Å². The lowest BCUT2D eigenvalue weighted by molar-refractivity contribution is 0.0588. The Morgan fingerprint density at radius 3 is 2.84 bits per heavy atom. The number of fused-ring (bicyclic) bond motifs is 5. The van der Waals surface area contributed by atoms with Crippen LogP contribution in [0.25, 0.3) is 5.65 Å². The van der Waals surface area contributed by atoms with E-state index in [1.54, 1.807) is 29.0 Å². The Morgan fingerprint density at radius 1 is 1.13 bits per heavy atom. The van der Waals surface area contributed by atoms with E-state index in [-0.39, 0.29) is 17.4 Å². The van der Waals surface area contributed by atoms with Crippen LogP contribution in [0.1, 0.15) is 46.9 Å². The molecule has 0 aliphatic carbocycles. The third-order valence-electron chi connectivity index (χ3n) is 7.02. The van der Waals surface area contributed by atoms with Crippen LogP contribution in [0, 0.1) is 5.92 Å². The predicted octanol–water partition coefficient (Wildman–Crippen LogP) is 1.75. The average Bonchev–Trinajstić information content (AvgIpc) is 3.45. The van der Waals surface area contributed by atoms with Crippen LogP contribution in [0.3, 0.4) is 0 Å². The molecule has 8 heteroatoms. The molecule has 0 aromatic carbocycles. The highest BCUT2D eigenvalue weighted by Crippen LogP contribution is 2.35. The fourth-order valence-corrected chi connectivity index (χ4v) is 5.56. The van der Waals surface area contributed by atoms with Gasteiger partial charge in [-0.3, -0.25) is 14.5 Å². The molecule has 0 radical (unpaired) electrons. The van der Waals surface area contributed by atoms with E-state index in [1.807, 2.05) is 15.5 Å². The summed E-state index contributed by atoms with van der Waals surface area (Å²) in [6, 6.07) is 7.68. The number of carbonyl (C=O) groups is 1. The quantitative estimate of drug-likeness (QED) is 0.648. The van der Waals surface area contributed by atoms with Crippen molar-refractivity contribution in [1.29, 1.82) is 0 Å². The van der Waals surface area contributed by atoms with Crippen molar-refractivity contribution in [2.45, 2.75) is 38.3 Å². The minimum Gasteiger partial charge on any atom is -0.336 e. The number of pyridine rings is 1. The van der Waals surface area contributed by atoms with Gasteiger partial charge in [0.1, 0.15) is 0 Å². The Bertz CT molecular complexity index is 1180. The molecule has 6 rings (SSSR count). The van der Waals surface area contributed by atoms with E-state index in [0.29, 0.717) is 36.9 Å². The first-order chi connectivity index (χ1) is 15.2. The SMILES string of the molecule is O=C(c1cc2ncccn2n1)N1C[C@@H]2C[C@H](C1)c1ccc(CN3CCCC3)c(=O)n1C2. The first-order valence-corrected chi connectivity index (χ1v) is 11.2. The highest BCUT2D eigenvalue weighted by atomic mass is 16.2. The van der Waals surface area contributed by atoms with Gasteiger partial charge in [0.15, 0.2) is 11.3 Å². The molecular weight excluding hydrogens is 392 g/mol. The summed E-state index contributed by atoms with van der Waals surface area (Å²) in [4.78, 5) is 34.9. The predicted molar refractivity (Wildman–Crippen MR) is 115 cm³/mol. The summed E-state index contributed by atoms with van der Waals surface area (Å²) >= 11 is 0. The zero-order valence-electron chi connectivity index (χ0n) is 17.5. The number of nitrogens with zero attached hydrogens (tertiary/aromatic N) is 6. The molecule has 0 unspecified atom stereocenters. The van der Waals surface area contributed by atoms with Crippen LogP contribution >= 0.6 is 0 Å². The van der Waals surface area contributed by atoms with Crippen LogP contribution < -0.4 is 5.56 Å². The molecule has 8 nitrogen and oxygen atoms in total. The molecule has 0 saturated carbocycles. The highest BCUT2D eigenvalue weighted by Gasteiger charge is 2.37. The first-order valence-electron chi connectivity index (χ1n) is 11.2. The zero-order chi connectivity index (χ0) is 20.9. The number of aromatic nitrogens is 4. The summed E-state index contributed by atoms with van der Waals surface area (Å²) in [5.41, 5.74) is 3.23. The minimum absolute atomic E-state index is 0.0540. The van der Waals surface area contributed by atoms with Crippen molar-refractivity contribution in [3.05, 3.63) is 64.0 Å². The largest absolute Gasteiger partial charge is 0.336 e.